The van der Waals surface area contributed by atoms with Crippen LogP contribution in [0.15, 0.2) is 0 Å². The molecule has 0 bridgehead atoms. The van der Waals surface area contributed by atoms with Crippen LogP contribution in [0.1, 0.15) is 47.0 Å². The molecule has 0 aromatic carbocycles. The van der Waals surface area contributed by atoms with Crippen molar-refractivity contribution in [3.63, 3.8) is 0 Å². The van der Waals surface area contributed by atoms with Crippen LogP contribution < -0.4 is 0 Å². The molecule has 2 nitrogen and oxygen atoms in total. The van der Waals surface area contributed by atoms with Gasteiger partial charge in [0.2, 0.25) is 0 Å². The summed E-state index contributed by atoms with van der Waals surface area (Å²) in [7, 11) is 6.94. The zero-order valence-electron chi connectivity index (χ0n) is 12.6. The van der Waals surface area contributed by atoms with Crippen LogP contribution in [0.3, 0.4) is 0 Å². The molecular weight excluding hydrogens is 196 g/mol. The molecule has 0 N–H and O–H groups in total. The van der Waals surface area contributed by atoms with E-state index >= 15 is 0 Å². The highest BCUT2D eigenvalue weighted by atomic mass is 15.3. The van der Waals surface area contributed by atoms with Gasteiger partial charge in [0.1, 0.15) is 0 Å². The SMILES string of the molecule is CCCC[N+](C)(C)CCCN(C)C(C)(C)C. The molecule has 0 saturated carbocycles. The zero-order chi connectivity index (χ0) is 12.8. The van der Waals surface area contributed by atoms with Crippen molar-refractivity contribution in [2.45, 2.75) is 52.5 Å². The van der Waals surface area contributed by atoms with Crippen LogP contribution in [-0.2, 0) is 0 Å². The second-order valence-electron chi connectivity index (χ2n) is 6.68. The van der Waals surface area contributed by atoms with Crippen molar-refractivity contribution in [2.24, 2.45) is 0 Å². The molecule has 0 aromatic heterocycles. The first-order valence-electron chi connectivity index (χ1n) is 6.72. The predicted octanol–water partition coefficient (Wildman–Crippen LogP) is 2.98. The van der Waals surface area contributed by atoms with Gasteiger partial charge in [-0.15, -0.1) is 0 Å². The summed E-state index contributed by atoms with van der Waals surface area (Å²) in [6, 6.07) is 0. The summed E-state index contributed by atoms with van der Waals surface area (Å²) in [5.41, 5.74) is 0.306. The maximum Gasteiger partial charge on any atom is 0.0794 e. The van der Waals surface area contributed by atoms with Crippen LogP contribution in [-0.4, -0.2) is 55.7 Å². The second kappa shape index (κ2) is 6.61. The normalized spacial score (nSPS) is 13.5. The van der Waals surface area contributed by atoms with Crippen LogP contribution >= 0.6 is 0 Å². The van der Waals surface area contributed by atoms with E-state index in [1.165, 1.54) is 43.4 Å². The maximum absolute atomic E-state index is 2.45. The average Bonchev–Trinajstić information content (AvgIpc) is 2.13. The monoisotopic (exact) mass is 229 g/mol. The van der Waals surface area contributed by atoms with Gasteiger partial charge in [-0.2, -0.15) is 0 Å². The molecule has 0 aliphatic rings. The van der Waals surface area contributed by atoms with E-state index in [1.807, 2.05) is 0 Å². The first-order chi connectivity index (χ1) is 7.19. The summed E-state index contributed by atoms with van der Waals surface area (Å²) in [5, 5.41) is 0. The van der Waals surface area contributed by atoms with Gasteiger partial charge in [0.25, 0.3) is 0 Å². The Morgan fingerprint density at radius 2 is 1.50 bits per heavy atom. The van der Waals surface area contributed by atoms with Crippen molar-refractivity contribution in [1.82, 2.24) is 4.90 Å². The average molecular weight is 229 g/mol. The number of hydrogen-bond acceptors (Lipinski definition) is 1. The number of hydrogen-bond donors (Lipinski definition) is 0. The largest absolute Gasteiger partial charge is 0.328 e. The Kier molecular flexibility index (Phi) is 6.57. The van der Waals surface area contributed by atoms with Crippen molar-refractivity contribution in [3.8, 4) is 0 Å². The molecule has 0 atom stereocenters. The summed E-state index contributed by atoms with van der Waals surface area (Å²) in [6.45, 7) is 12.9. The Bertz CT molecular complexity index is 180. The van der Waals surface area contributed by atoms with Crippen LogP contribution in [0.25, 0.3) is 0 Å². The van der Waals surface area contributed by atoms with E-state index in [2.05, 4.69) is 53.7 Å². The third-order valence-electron chi connectivity index (χ3n) is 3.52. The van der Waals surface area contributed by atoms with Gasteiger partial charge in [-0.05, 0) is 34.2 Å². The Morgan fingerprint density at radius 3 is 1.94 bits per heavy atom. The van der Waals surface area contributed by atoms with Crippen molar-refractivity contribution in [1.29, 1.82) is 0 Å². The Hall–Kier alpha value is -0.0800. The van der Waals surface area contributed by atoms with Crippen molar-refractivity contribution in [3.05, 3.63) is 0 Å². The number of quaternary nitrogens is 1. The molecule has 0 aliphatic carbocycles. The van der Waals surface area contributed by atoms with Gasteiger partial charge in [0, 0.05) is 18.5 Å². The topological polar surface area (TPSA) is 3.24 Å². The van der Waals surface area contributed by atoms with E-state index < -0.39 is 0 Å². The van der Waals surface area contributed by atoms with Gasteiger partial charge in [-0.25, -0.2) is 0 Å². The summed E-state index contributed by atoms with van der Waals surface area (Å²) < 4.78 is 1.17. The van der Waals surface area contributed by atoms with E-state index in [4.69, 9.17) is 0 Å². The van der Waals surface area contributed by atoms with Crippen LogP contribution in [0, 0.1) is 0 Å². The lowest BCUT2D eigenvalue weighted by molar-refractivity contribution is -0.890. The Morgan fingerprint density at radius 1 is 1.00 bits per heavy atom. The molecule has 0 heterocycles. The van der Waals surface area contributed by atoms with Crippen LogP contribution in [0.2, 0.25) is 0 Å². The quantitative estimate of drug-likeness (QED) is 0.607. The van der Waals surface area contributed by atoms with Crippen LogP contribution in [0.4, 0.5) is 0 Å². The summed E-state index contributed by atoms with van der Waals surface area (Å²) in [6.07, 6.45) is 3.95. The molecule has 2 heteroatoms. The minimum Gasteiger partial charge on any atom is -0.328 e. The van der Waals surface area contributed by atoms with Crippen molar-refractivity contribution in [2.75, 3.05) is 40.8 Å². The third kappa shape index (κ3) is 7.24. The lowest BCUT2D eigenvalue weighted by Gasteiger charge is -2.34. The van der Waals surface area contributed by atoms with E-state index in [0.717, 1.165) is 0 Å². The molecule has 16 heavy (non-hydrogen) atoms. The van der Waals surface area contributed by atoms with Gasteiger partial charge in [0.05, 0.1) is 27.2 Å². The highest BCUT2D eigenvalue weighted by Crippen LogP contribution is 2.11. The smallest absolute Gasteiger partial charge is 0.0794 e. The fourth-order valence-electron chi connectivity index (χ4n) is 1.77. The first-order valence-corrected chi connectivity index (χ1v) is 6.72. The van der Waals surface area contributed by atoms with E-state index in [1.54, 1.807) is 0 Å². The molecular formula is C14H33N2+. The minimum atomic E-state index is 0.306. The lowest BCUT2D eigenvalue weighted by atomic mass is 10.1. The zero-order valence-corrected chi connectivity index (χ0v) is 12.6. The number of nitrogens with zero attached hydrogens (tertiary/aromatic N) is 2. The number of rotatable bonds is 7. The molecule has 0 amide bonds. The summed E-state index contributed by atoms with van der Waals surface area (Å²) >= 11 is 0. The summed E-state index contributed by atoms with van der Waals surface area (Å²) in [4.78, 5) is 2.45. The van der Waals surface area contributed by atoms with Gasteiger partial charge < -0.3 is 9.38 Å². The fourth-order valence-corrected chi connectivity index (χ4v) is 1.77. The molecule has 0 saturated heterocycles. The Balaban J connectivity index is 3.80. The molecule has 0 spiro atoms. The van der Waals surface area contributed by atoms with Crippen molar-refractivity contribution >= 4 is 0 Å². The highest BCUT2D eigenvalue weighted by Gasteiger charge is 2.18. The Labute approximate surface area is 103 Å². The van der Waals surface area contributed by atoms with Gasteiger partial charge >= 0.3 is 0 Å². The van der Waals surface area contributed by atoms with E-state index in [0.29, 0.717) is 5.54 Å². The van der Waals surface area contributed by atoms with E-state index in [9.17, 15) is 0 Å². The molecule has 0 aliphatic heterocycles. The minimum absolute atomic E-state index is 0.306. The molecule has 0 radical (unpaired) electrons. The number of unbranched alkanes of at least 4 members (excludes halogenated alkanes) is 1. The fraction of sp³-hybridized carbons (Fsp3) is 1.00. The predicted molar refractivity (Wildman–Crippen MR) is 73.8 cm³/mol. The highest BCUT2D eigenvalue weighted by molar-refractivity contribution is 4.72. The maximum atomic E-state index is 2.45. The molecule has 0 aromatic rings. The van der Waals surface area contributed by atoms with Gasteiger partial charge in [0.15, 0.2) is 0 Å². The lowest BCUT2D eigenvalue weighted by Crippen LogP contribution is -2.44. The van der Waals surface area contributed by atoms with Gasteiger partial charge in [-0.3, -0.25) is 0 Å². The van der Waals surface area contributed by atoms with Crippen molar-refractivity contribution < 1.29 is 4.48 Å². The van der Waals surface area contributed by atoms with E-state index in [-0.39, 0.29) is 0 Å². The standard InChI is InChI=1S/C14H33N2/c1-8-9-12-16(6,7)13-10-11-15(5)14(2,3)4/h8-13H2,1-7H3/q+1. The van der Waals surface area contributed by atoms with Crippen LogP contribution in [0.5, 0.6) is 0 Å². The van der Waals surface area contributed by atoms with Gasteiger partial charge in [-0.1, -0.05) is 13.3 Å². The summed E-state index contributed by atoms with van der Waals surface area (Å²) in [5.74, 6) is 0. The molecule has 0 fully saturated rings. The first kappa shape index (κ1) is 15.9. The molecule has 0 rings (SSSR count). The molecule has 0 unspecified atom stereocenters. The third-order valence-corrected chi connectivity index (χ3v) is 3.52. The second-order valence-corrected chi connectivity index (χ2v) is 6.68. The molecule has 98 valence electrons.